The minimum absolute atomic E-state index is 0.221. The first-order valence-electron chi connectivity index (χ1n) is 3.39. The Bertz CT molecular complexity index is 199. The Labute approximate surface area is 88.7 Å². The third kappa shape index (κ3) is 5.49. The fourth-order valence-corrected chi connectivity index (χ4v) is 2.42. The summed E-state index contributed by atoms with van der Waals surface area (Å²) in [6.45, 7) is 0. The number of rotatable bonds is 5. The maximum atomic E-state index is 10.8. The summed E-state index contributed by atoms with van der Waals surface area (Å²) in [7, 11) is -4.01. The van der Waals surface area contributed by atoms with Crippen LogP contribution in [0.5, 0.6) is 0 Å². The molecule has 0 amide bonds. The zero-order chi connectivity index (χ0) is 9.61. The van der Waals surface area contributed by atoms with E-state index >= 15 is 0 Å². The van der Waals surface area contributed by atoms with E-state index in [9.17, 15) is 4.57 Å². The van der Waals surface area contributed by atoms with Crippen molar-refractivity contribution in [1.29, 1.82) is 0 Å². The molecular weight excluding hydrogens is 311 g/mol. The quantitative estimate of drug-likeness (QED) is 0.604. The monoisotopic (exact) mass is 320 g/mol. The van der Waals surface area contributed by atoms with Crippen LogP contribution in [0.15, 0.2) is 11.4 Å². The lowest BCUT2D eigenvalue weighted by Crippen LogP contribution is -1.88. The molecule has 72 valence electrons. The van der Waals surface area contributed by atoms with Gasteiger partial charge in [-0.25, -0.2) is 0 Å². The summed E-state index contributed by atoms with van der Waals surface area (Å²) < 4.78 is 10.8. The summed E-state index contributed by atoms with van der Waals surface area (Å²) in [4.78, 5) is 17.7. The standard InChI is InChI=1S/C6H11Br2O3P/c7-4-1-2-6(3-5-8)12(9,10)11/h2H,1,3-5H2,(H2,9,10,11). The normalized spacial score (nSPS) is 13.5. The first-order valence-corrected chi connectivity index (χ1v) is 7.25. The van der Waals surface area contributed by atoms with Crippen LogP contribution in [-0.4, -0.2) is 20.4 Å². The molecule has 12 heavy (non-hydrogen) atoms. The Balaban J connectivity index is 4.33. The van der Waals surface area contributed by atoms with E-state index in [1.807, 2.05) is 0 Å². The minimum Gasteiger partial charge on any atom is -0.321 e. The minimum atomic E-state index is -4.01. The summed E-state index contributed by atoms with van der Waals surface area (Å²) in [5.41, 5.74) is 0. The first-order chi connectivity index (χ1) is 5.52. The Morgan fingerprint density at radius 1 is 1.33 bits per heavy atom. The molecule has 0 heterocycles. The third-order valence-corrected chi connectivity index (χ3v) is 3.22. The molecule has 0 aliphatic heterocycles. The van der Waals surface area contributed by atoms with Crippen LogP contribution in [0.25, 0.3) is 0 Å². The van der Waals surface area contributed by atoms with Gasteiger partial charge in [-0.3, -0.25) is 4.57 Å². The molecule has 0 aliphatic rings. The highest BCUT2D eigenvalue weighted by molar-refractivity contribution is 9.09. The predicted molar refractivity (Wildman–Crippen MR) is 56.9 cm³/mol. The average molecular weight is 322 g/mol. The molecule has 0 aromatic rings. The number of hydrogen-bond donors (Lipinski definition) is 2. The fourth-order valence-electron chi connectivity index (χ4n) is 0.685. The van der Waals surface area contributed by atoms with E-state index in [1.54, 1.807) is 6.08 Å². The van der Waals surface area contributed by atoms with E-state index in [2.05, 4.69) is 31.9 Å². The van der Waals surface area contributed by atoms with Gasteiger partial charge in [0.1, 0.15) is 0 Å². The van der Waals surface area contributed by atoms with Crippen LogP contribution in [0, 0.1) is 0 Å². The fraction of sp³-hybridized carbons (Fsp3) is 0.667. The van der Waals surface area contributed by atoms with E-state index in [0.29, 0.717) is 18.2 Å². The lowest BCUT2D eigenvalue weighted by atomic mass is 10.3. The van der Waals surface area contributed by atoms with Crippen molar-refractivity contribution in [2.75, 3.05) is 10.7 Å². The second kappa shape index (κ2) is 6.33. The van der Waals surface area contributed by atoms with Crippen molar-refractivity contribution in [2.24, 2.45) is 0 Å². The van der Waals surface area contributed by atoms with Gasteiger partial charge in [0.05, 0.1) is 0 Å². The molecule has 6 heteroatoms. The lowest BCUT2D eigenvalue weighted by molar-refractivity contribution is 0.381. The van der Waals surface area contributed by atoms with Gasteiger partial charge in [-0.15, -0.1) is 0 Å². The van der Waals surface area contributed by atoms with Gasteiger partial charge in [-0.05, 0) is 12.8 Å². The zero-order valence-corrected chi connectivity index (χ0v) is 10.5. The van der Waals surface area contributed by atoms with Gasteiger partial charge < -0.3 is 9.79 Å². The van der Waals surface area contributed by atoms with Gasteiger partial charge >= 0.3 is 7.60 Å². The second-order valence-electron chi connectivity index (χ2n) is 2.16. The summed E-state index contributed by atoms with van der Waals surface area (Å²) >= 11 is 6.32. The van der Waals surface area contributed by atoms with Crippen LogP contribution in [0.2, 0.25) is 0 Å². The van der Waals surface area contributed by atoms with Gasteiger partial charge in [0.25, 0.3) is 0 Å². The molecular formula is C6H11Br2O3P. The van der Waals surface area contributed by atoms with Gasteiger partial charge in [-0.1, -0.05) is 37.9 Å². The van der Waals surface area contributed by atoms with E-state index in [4.69, 9.17) is 9.79 Å². The number of halogens is 2. The van der Waals surface area contributed by atoms with Crippen molar-refractivity contribution in [3.63, 3.8) is 0 Å². The Hall–Kier alpha value is 0.850. The van der Waals surface area contributed by atoms with E-state index in [1.165, 1.54) is 0 Å². The van der Waals surface area contributed by atoms with E-state index in [-0.39, 0.29) is 5.31 Å². The maximum absolute atomic E-state index is 10.8. The molecule has 0 aliphatic carbocycles. The van der Waals surface area contributed by atoms with Crippen molar-refractivity contribution in [2.45, 2.75) is 12.8 Å². The van der Waals surface area contributed by atoms with Gasteiger partial charge in [0.15, 0.2) is 0 Å². The Morgan fingerprint density at radius 2 is 1.92 bits per heavy atom. The average Bonchev–Trinajstić information content (AvgIpc) is 1.95. The first kappa shape index (κ1) is 12.8. The number of allylic oxidation sites excluding steroid dienone is 2. The molecule has 0 atom stereocenters. The highest BCUT2D eigenvalue weighted by Gasteiger charge is 2.18. The molecule has 0 spiro atoms. The highest BCUT2D eigenvalue weighted by Crippen LogP contribution is 2.46. The molecule has 3 nitrogen and oxygen atoms in total. The van der Waals surface area contributed by atoms with Crippen LogP contribution in [0.1, 0.15) is 12.8 Å². The number of hydrogen-bond acceptors (Lipinski definition) is 1. The maximum Gasteiger partial charge on any atom is 0.351 e. The molecule has 0 rings (SSSR count). The third-order valence-electron chi connectivity index (χ3n) is 1.21. The van der Waals surface area contributed by atoms with Crippen LogP contribution in [0.4, 0.5) is 0 Å². The molecule has 0 aromatic heterocycles. The summed E-state index contributed by atoms with van der Waals surface area (Å²) in [5, 5.41) is 1.52. The van der Waals surface area contributed by atoms with E-state index in [0.717, 1.165) is 5.33 Å². The molecule has 0 saturated heterocycles. The highest BCUT2D eigenvalue weighted by atomic mass is 79.9. The SMILES string of the molecule is O=P(O)(O)C(=CCCBr)CCBr. The molecule has 0 saturated carbocycles. The second-order valence-corrected chi connectivity index (χ2v) is 5.40. The molecule has 0 fully saturated rings. The molecule has 2 N–H and O–H groups in total. The predicted octanol–water partition coefficient (Wildman–Crippen LogP) is 2.62. The van der Waals surface area contributed by atoms with Crippen molar-refractivity contribution >= 4 is 39.5 Å². The van der Waals surface area contributed by atoms with Crippen LogP contribution in [-0.2, 0) is 4.57 Å². The molecule has 0 aromatic carbocycles. The van der Waals surface area contributed by atoms with Crippen molar-refractivity contribution in [1.82, 2.24) is 0 Å². The van der Waals surface area contributed by atoms with E-state index < -0.39 is 7.60 Å². The van der Waals surface area contributed by atoms with Crippen molar-refractivity contribution < 1.29 is 14.4 Å². The molecule has 0 bridgehead atoms. The smallest absolute Gasteiger partial charge is 0.321 e. The molecule has 0 radical (unpaired) electrons. The summed E-state index contributed by atoms with van der Waals surface area (Å²) in [5.74, 6) is 0. The number of alkyl halides is 2. The zero-order valence-electron chi connectivity index (χ0n) is 6.41. The van der Waals surface area contributed by atoms with Crippen molar-refractivity contribution in [3.05, 3.63) is 11.4 Å². The van der Waals surface area contributed by atoms with Crippen LogP contribution in [0.3, 0.4) is 0 Å². The topological polar surface area (TPSA) is 57.5 Å². The van der Waals surface area contributed by atoms with Crippen molar-refractivity contribution in [3.8, 4) is 0 Å². The molecule has 0 unspecified atom stereocenters. The Kier molecular flexibility index (Phi) is 6.77. The van der Waals surface area contributed by atoms with Crippen LogP contribution >= 0.6 is 39.5 Å². The largest absolute Gasteiger partial charge is 0.351 e. The van der Waals surface area contributed by atoms with Gasteiger partial charge in [0.2, 0.25) is 0 Å². The summed E-state index contributed by atoms with van der Waals surface area (Å²) in [6, 6.07) is 0. The summed E-state index contributed by atoms with van der Waals surface area (Å²) in [6.07, 6.45) is 2.64. The lowest BCUT2D eigenvalue weighted by Gasteiger charge is -2.06. The van der Waals surface area contributed by atoms with Gasteiger partial charge in [-0.2, -0.15) is 0 Å². The van der Waals surface area contributed by atoms with Crippen LogP contribution < -0.4 is 0 Å². The van der Waals surface area contributed by atoms with Gasteiger partial charge in [0, 0.05) is 16.0 Å². The Morgan fingerprint density at radius 3 is 2.25 bits per heavy atom.